The summed E-state index contributed by atoms with van der Waals surface area (Å²) in [5, 5.41) is 12.1. The molecule has 1 atom stereocenters. The van der Waals surface area contributed by atoms with E-state index in [1.165, 1.54) is 6.08 Å². The van der Waals surface area contributed by atoms with Crippen LogP contribution in [0.2, 0.25) is 0 Å². The number of hydrazine groups is 1. The molecule has 0 aromatic heterocycles. The first-order valence-electron chi connectivity index (χ1n) is 9.35. The summed E-state index contributed by atoms with van der Waals surface area (Å²) in [5.41, 5.74) is 3.04. The van der Waals surface area contributed by atoms with E-state index in [9.17, 15) is 19.2 Å². The summed E-state index contributed by atoms with van der Waals surface area (Å²) < 4.78 is 5.12. The zero-order valence-electron chi connectivity index (χ0n) is 17.2. The molecule has 0 aliphatic heterocycles. The topological polar surface area (TPSA) is 125 Å². The molecular formula is C21H27N3O6. The fourth-order valence-electron chi connectivity index (χ4n) is 2.28. The lowest BCUT2D eigenvalue weighted by Gasteiger charge is -2.26. The molecule has 0 fully saturated rings. The number of hydrogen-bond donors (Lipinski definition) is 3. The summed E-state index contributed by atoms with van der Waals surface area (Å²) in [4.78, 5) is 47.9. The third-order valence-electron chi connectivity index (χ3n) is 3.78. The van der Waals surface area contributed by atoms with Crippen molar-refractivity contribution >= 4 is 23.9 Å². The SMILES string of the molecule is C/C=C/C=C/C(=O)N(CC(=O)O)NC(=O)C(NC(=O)OCc1ccccc1)C(C)C. The predicted molar refractivity (Wildman–Crippen MR) is 110 cm³/mol. The number of carbonyl (C=O) groups is 4. The van der Waals surface area contributed by atoms with Crippen LogP contribution in [0, 0.1) is 5.92 Å². The van der Waals surface area contributed by atoms with Crippen LogP contribution in [0.5, 0.6) is 0 Å². The number of amides is 3. The molecule has 0 saturated heterocycles. The summed E-state index contributed by atoms with van der Waals surface area (Å²) in [6.07, 6.45) is 5.00. The third-order valence-corrected chi connectivity index (χ3v) is 3.78. The average molecular weight is 417 g/mol. The van der Waals surface area contributed by atoms with Crippen LogP contribution in [0.25, 0.3) is 0 Å². The molecule has 0 radical (unpaired) electrons. The quantitative estimate of drug-likeness (QED) is 0.321. The normalized spacial score (nSPS) is 12.0. The molecule has 1 unspecified atom stereocenters. The second kappa shape index (κ2) is 12.8. The number of carbonyl (C=O) groups excluding carboxylic acids is 3. The van der Waals surface area contributed by atoms with E-state index in [0.717, 1.165) is 11.6 Å². The fraction of sp³-hybridized carbons (Fsp3) is 0.333. The van der Waals surface area contributed by atoms with Crippen LogP contribution in [0.4, 0.5) is 4.79 Å². The number of carboxylic acids is 1. The number of nitrogens with zero attached hydrogens (tertiary/aromatic N) is 1. The Balaban J connectivity index is 2.77. The molecule has 30 heavy (non-hydrogen) atoms. The lowest BCUT2D eigenvalue weighted by atomic mass is 10.0. The third kappa shape index (κ3) is 9.05. The molecule has 0 spiro atoms. The molecule has 9 heteroatoms. The summed E-state index contributed by atoms with van der Waals surface area (Å²) in [5.74, 6) is -3.12. The van der Waals surface area contributed by atoms with Gasteiger partial charge in [0.2, 0.25) is 0 Å². The van der Waals surface area contributed by atoms with E-state index in [4.69, 9.17) is 9.84 Å². The Labute approximate surface area is 175 Å². The number of hydrogen-bond acceptors (Lipinski definition) is 5. The Kier molecular flexibility index (Phi) is 10.4. The van der Waals surface area contributed by atoms with Crippen LogP contribution in [0.15, 0.2) is 54.6 Å². The number of aliphatic carboxylic acids is 1. The molecule has 0 aliphatic rings. The van der Waals surface area contributed by atoms with E-state index >= 15 is 0 Å². The number of benzene rings is 1. The van der Waals surface area contributed by atoms with Crippen molar-refractivity contribution in [2.45, 2.75) is 33.4 Å². The molecule has 0 saturated carbocycles. The molecule has 1 aromatic rings. The van der Waals surface area contributed by atoms with Gasteiger partial charge in [0.1, 0.15) is 19.2 Å². The van der Waals surface area contributed by atoms with Gasteiger partial charge in [-0.2, -0.15) is 0 Å². The number of alkyl carbamates (subject to hydrolysis) is 1. The number of nitrogens with one attached hydrogen (secondary N) is 2. The second-order valence-electron chi connectivity index (χ2n) is 6.61. The first-order valence-corrected chi connectivity index (χ1v) is 9.35. The first kappa shape index (κ1) is 24.4. The van der Waals surface area contributed by atoms with E-state index in [0.29, 0.717) is 5.01 Å². The summed E-state index contributed by atoms with van der Waals surface area (Å²) in [7, 11) is 0. The smallest absolute Gasteiger partial charge is 0.408 e. The second-order valence-corrected chi connectivity index (χ2v) is 6.61. The number of carboxylic acid groups (broad SMARTS) is 1. The highest BCUT2D eigenvalue weighted by atomic mass is 16.5. The lowest BCUT2D eigenvalue weighted by Crippen LogP contribution is -2.56. The molecule has 0 heterocycles. The van der Waals surface area contributed by atoms with Crippen LogP contribution in [0.1, 0.15) is 26.3 Å². The zero-order chi connectivity index (χ0) is 22.5. The number of allylic oxidation sites excluding steroid dienone is 3. The minimum Gasteiger partial charge on any atom is -0.480 e. The minimum absolute atomic E-state index is 0.0263. The van der Waals surface area contributed by atoms with E-state index in [1.807, 2.05) is 6.07 Å². The van der Waals surface area contributed by atoms with Crippen molar-refractivity contribution < 1.29 is 29.0 Å². The van der Waals surface area contributed by atoms with Crippen LogP contribution >= 0.6 is 0 Å². The van der Waals surface area contributed by atoms with Crippen molar-refractivity contribution in [3.05, 3.63) is 60.2 Å². The molecule has 1 aromatic carbocycles. The van der Waals surface area contributed by atoms with Gasteiger partial charge in [0, 0.05) is 6.08 Å². The van der Waals surface area contributed by atoms with Crippen LogP contribution in [0.3, 0.4) is 0 Å². The van der Waals surface area contributed by atoms with Crippen LogP contribution in [-0.2, 0) is 25.7 Å². The van der Waals surface area contributed by atoms with Crippen molar-refractivity contribution in [1.29, 1.82) is 0 Å². The highest BCUT2D eigenvalue weighted by molar-refractivity contribution is 5.93. The number of ether oxygens (including phenoxy) is 1. The van der Waals surface area contributed by atoms with Gasteiger partial charge in [0.15, 0.2) is 0 Å². The van der Waals surface area contributed by atoms with Gasteiger partial charge in [-0.15, -0.1) is 0 Å². The molecule has 0 aliphatic carbocycles. The van der Waals surface area contributed by atoms with Gasteiger partial charge in [-0.1, -0.05) is 62.4 Å². The van der Waals surface area contributed by atoms with Gasteiger partial charge in [-0.3, -0.25) is 19.8 Å². The summed E-state index contributed by atoms with van der Waals surface area (Å²) in [6.45, 7) is 4.42. The van der Waals surface area contributed by atoms with Gasteiger partial charge in [0.05, 0.1) is 0 Å². The Morgan fingerprint density at radius 3 is 2.37 bits per heavy atom. The zero-order valence-corrected chi connectivity index (χ0v) is 17.2. The Bertz CT molecular complexity index is 789. The van der Waals surface area contributed by atoms with E-state index in [2.05, 4.69) is 10.7 Å². The maximum absolute atomic E-state index is 12.6. The van der Waals surface area contributed by atoms with Crippen LogP contribution < -0.4 is 10.7 Å². The van der Waals surface area contributed by atoms with E-state index in [1.54, 1.807) is 57.2 Å². The molecule has 0 bridgehead atoms. The van der Waals surface area contributed by atoms with Gasteiger partial charge >= 0.3 is 12.1 Å². The average Bonchev–Trinajstić information content (AvgIpc) is 2.70. The molecule has 162 valence electrons. The maximum Gasteiger partial charge on any atom is 0.408 e. The fourth-order valence-corrected chi connectivity index (χ4v) is 2.28. The summed E-state index contributed by atoms with van der Waals surface area (Å²) in [6, 6.07) is 7.98. The Morgan fingerprint density at radius 2 is 1.80 bits per heavy atom. The maximum atomic E-state index is 12.6. The monoisotopic (exact) mass is 417 g/mol. The van der Waals surface area contributed by atoms with Crippen molar-refractivity contribution in [3.63, 3.8) is 0 Å². The molecular weight excluding hydrogens is 390 g/mol. The highest BCUT2D eigenvalue weighted by Gasteiger charge is 2.28. The number of rotatable bonds is 9. The molecule has 9 nitrogen and oxygen atoms in total. The van der Waals surface area contributed by atoms with Crippen LogP contribution in [-0.4, -0.2) is 46.6 Å². The van der Waals surface area contributed by atoms with Gasteiger partial charge in [-0.25, -0.2) is 9.80 Å². The van der Waals surface area contributed by atoms with Crippen molar-refractivity contribution in [2.75, 3.05) is 6.54 Å². The van der Waals surface area contributed by atoms with Crippen molar-refractivity contribution in [1.82, 2.24) is 15.8 Å². The minimum atomic E-state index is -1.31. The van der Waals surface area contributed by atoms with Gasteiger partial charge in [0.25, 0.3) is 11.8 Å². The van der Waals surface area contributed by atoms with Crippen molar-refractivity contribution in [2.24, 2.45) is 5.92 Å². The van der Waals surface area contributed by atoms with Gasteiger partial charge < -0.3 is 15.2 Å². The summed E-state index contributed by atoms with van der Waals surface area (Å²) >= 11 is 0. The predicted octanol–water partition coefficient (Wildman–Crippen LogP) is 2.01. The highest BCUT2D eigenvalue weighted by Crippen LogP contribution is 2.05. The Hall–Kier alpha value is -3.62. The van der Waals surface area contributed by atoms with E-state index in [-0.39, 0.29) is 12.5 Å². The van der Waals surface area contributed by atoms with Gasteiger partial charge in [-0.05, 0) is 18.4 Å². The van der Waals surface area contributed by atoms with E-state index < -0.39 is 36.5 Å². The standard InChI is InChI=1S/C21H27N3O6/c1-4-5-7-12-17(25)24(13-18(26)27)23-20(28)19(15(2)3)22-21(29)30-14-16-10-8-6-9-11-16/h4-12,15,19H,13-14H2,1-3H3,(H,22,29)(H,23,28)(H,26,27)/b5-4+,12-7+. The Morgan fingerprint density at radius 1 is 1.13 bits per heavy atom. The largest absolute Gasteiger partial charge is 0.480 e. The van der Waals surface area contributed by atoms with Crippen molar-refractivity contribution in [3.8, 4) is 0 Å². The lowest BCUT2D eigenvalue weighted by molar-refractivity contribution is -0.148. The molecule has 3 N–H and O–H groups in total. The first-order chi connectivity index (χ1) is 14.2. The molecule has 1 rings (SSSR count). The molecule has 3 amide bonds.